The molecule has 1 aromatic carbocycles. The maximum atomic E-state index is 4.45. The van der Waals surface area contributed by atoms with Gasteiger partial charge in [-0.3, -0.25) is 0 Å². The molecule has 4 heteroatoms. The first-order valence-electron chi connectivity index (χ1n) is 4.83. The molecule has 0 atom stereocenters. The number of benzene rings is 1. The van der Waals surface area contributed by atoms with Gasteiger partial charge in [0.25, 0.3) is 0 Å². The van der Waals surface area contributed by atoms with Crippen LogP contribution < -0.4 is 0 Å². The van der Waals surface area contributed by atoms with Gasteiger partial charge in [0.05, 0.1) is 11.0 Å². The Balaban J connectivity index is 2.19. The summed E-state index contributed by atoms with van der Waals surface area (Å²) < 4.78 is 0. The molecule has 0 fully saturated rings. The highest BCUT2D eigenvalue weighted by Gasteiger charge is 2.02. The molecule has 1 radical (unpaired) electrons. The van der Waals surface area contributed by atoms with Gasteiger partial charge in [0.2, 0.25) is 0 Å². The van der Waals surface area contributed by atoms with Gasteiger partial charge in [-0.2, -0.15) is 0 Å². The van der Waals surface area contributed by atoms with Gasteiger partial charge in [0, 0.05) is 18.0 Å². The molecule has 0 spiro atoms. The Morgan fingerprint density at radius 2 is 1.69 bits per heavy atom. The molecule has 4 nitrogen and oxygen atoms in total. The van der Waals surface area contributed by atoms with Crippen molar-refractivity contribution in [3.63, 3.8) is 0 Å². The summed E-state index contributed by atoms with van der Waals surface area (Å²) in [5, 5.41) is 0. The number of hydrogen-bond acceptors (Lipinski definition) is 4. The average molecular weight is 207 g/mol. The average Bonchev–Trinajstić information content (AvgIpc) is 2.39. The van der Waals surface area contributed by atoms with Gasteiger partial charge >= 0.3 is 0 Å². The Bertz CT molecular complexity index is 622. The Morgan fingerprint density at radius 3 is 2.50 bits per heavy atom. The van der Waals surface area contributed by atoms with Crippen LogP contribution in [0.15, 0.2) is 43.0 Å². The van der Waals surface area contributed by atoms with Gasteiger partial charge in [0.15, 0.2) is 0 Å². The van der Waals surface area contributed by atoms with Crippen molar-refractivity contribution in [2.45, 2.75) is 0 Å². The fourth-order valence-electron chi connectivity index (χ4n) is 1.46. The van der Waals surface area contributed by atoms with Crippen molar-refractivity contribution in [2.75, 3.05) is 0 Å². The Morgan fingerprint density at radius 1 is 0.938 bits per heavy atom. The lowest BCUT2D eigenvalue weighted by atomic mass is 10.2. The van der Waals surface area contributed by atoms with E-state index in [0.717, 1.165) is 16.6 Å². The summed E-state index contributed by atoms with van der Waals surface area (Å²) in [4.78, 5) is 16.5. The van der Waals surface area contributed by atoms with Gasteiger partial charge in [-0.1, -0.05) is 12.1 Å². The molecule has 0 saturated carbocycles. The largest absolute Gasteiger partial charge is 0.244 e. The predicted molar refractivity (Wildman–Crippen MR) is 59.4 cm³/mol. The first-order chi connectivity index (χ1) is 7.93. The zero-order valence-corrected chi connectivity index (χ0v) is 8.33. The number of para-hydroxylation sites is 2. The van der Waals surface area contributed by atoms with E-state index in [2.05, 4.69) is 26.1 Å². The second-order valence-electron chi connectivity index (χ2n) is 3.30. The molecule has 2 aromatic heterocycles. The van der Waals surface area contributed by atoms with Gasteiger partial charge in [0.1, 0.15) is 18.2 Å². The van der Waals surface area contributed by atoms with Crippen LogP contribution >= 0.6 is 0 Å². The molecule has 0 aliphatic heterocycles. The molecule has 0 aliphatic carbocycles. The molecule has 16 heavy (non-hydrogen) atoms. The maximum Gasteiger partial charge on any atom is 0.118 e. The minimum atomic E-state index is 0.666. The van der Waals surface area contributed by atoms with Crippen LogP contribution in [-0.4, -0.2) is 19.9 Å². The van der Waals surface area contributed by atoms with Crippen molar-refractivity contribution in [1.82, 2.24) is 19.9 Å². The van der Waals surface area contributed by atoms with Crippen LogP contribution in [0.5, 0.6) is 0 Å². The van der Waals surface area contributed by atoms with Gasteiger partial charge in [-0.05, 0) is 12.1 Å². The predicted octanol–water partition coefficient (Wildman–Crippen LogP) is 1.89. The highest BCUT2D eigenvalue weighted by atomic mass is 14.8. The van der Waals surface area contributed by atoms with Crippen molar-refractivity contribution >= 4 is 11.0 Å². The summed E-state index contributed by atoms with van der Waals surface area (Å²) in [5.41, 5.74) is 3.17. The van der Waals surface area contributed by atoms with Gasteiger partial charge in [-0.15, -0.1) is 0 Å². The van der Waals surface area contributed by atoms with E-state index in [0.29, 0.717) is 5.69 Å². The van der Waals surface area contributed by atoms with Gasteiger partial charge < -0.3 is 0 Å². The maximum absolute atomic E-state index is 4.45. The van der Waals surface area contributed by atoms with Crippen molar-refractivity contribution in [1.29, 1.82) is 0 Å². The van der Waals surface area contributed by atoms with E-state index in [9.17, 15) is 0 Å². The zero-order valence-electron chi connectivity index (χ0n) is 8.33. The van der Waals surface area contributed by atoms with Crippen LogP contribution in [0.1, 0.15) is 0 Å². The topological polar surface area (TPSA) is 51.6 Å². The Kier molecular flexibility index (Phi) is 2.04. The third kappa shape index (κ3) is 1.50. The normalized spacial score (nSPS) is 10.5. The van der Waals surface area contributed by atoms with Crippen molar-refractivity contribution in [3.8, 4) is 11.3 Å². The Hall–Kier alpha value is -2.36. The first kappa shape index (κ1) is 8.91. The minimum Gasteiger partial charge on any atom is -0.244 e. The SMILES string of the molecule is [c]1nc2ccccc2nc1-c1cncnc1. The van der Waals surface area contributed by atoms with E-state index in [1.165, 1.54) is 6.33 Å². The van der Waals surface area contributed by atoms with E-state index in [-0.39, 0.29) is 0 Å². The monoisotopic (exact) mass is 207 g/mol. The molecular weight excluding hydrogens is 200 g/mol. The first-order valence-corrected chi connectivity index (χ1v) is 4.83. The molecule has 3 rings (SSSR count). The summed E-state index contributed by atoms with van der Waals surface area (Å²) in [6.07, 6.45) is 7.76. The molecule has 0 bridgehead atoms. The quantitative estimate of drug-likeness (QED) is 0.611. The highest BCUT2D eigenvalue weighted by molar-refractivity contribution is 5.76. The van der Waals surface area contributed by atoms with E-state index in [1.807, 2.05) is 24.3 Å². The molecular formula is C12H7N4. The van der Waals surface area contributed by atoms with Crippen LogP contribution in [-0.2, 0) is 0 Å². The van der Waals surface area contributed by atoms with Gasteiger partial charge in [-0.25, -0.2) is 19.9 Å². The minimum absolute atomic E-state index is 0.666. The Labute approximate surface area is 92.0 Å². The van der Waals surface area contributed by atoms with E-state index >= 15 is 0 Å². The summed E-state index contributed by atoms with van der Waals surface area (Å²) in [5.74, 6) is 0. The summed E-state index contributed by atoms with van der Waals surface area (Å²) in [7, 11) is 0. The third-order valence-electron chi connectivity index (χ3n) is 2.23. The smallest absolute Gasteiger partial charge is 0.118 e. The fraction of sp³-hybridized carbons (Fsp3) is 0. The number of fused-ring (bicyclic) bond motifs is 1. The second-order valence-corrected chi connectivity index (χ2v) is 3.30. The molecule has 0 saturated heterocycles. The van der Waals surface area contributed by atoms with Crippen molar-refractivity contribution < 1.29 is 0 Å². The van der Waals surface area contributed by atoms with Crippen LogP contribution in [0.3, 0.4) is 0 Å². The van der Waals surface area contributed by atoms with Crippen LogP contribution in [0, 0.1) is 6.20 Å². The third-order valence-corrected chi connectivity index (χ3v) is 2.23. The lowest BCUT2D eigenvalue weighted by Crippen LogP contribution is -1.90. The van der Waals surface area contributed by atoms with E-state index < -0.39 is 0 Å². The molecule has 0 unspecified atom stereocenters. The highest BCUT2D eigenvalue weighted by Crippen LogP contribution is 2.16. The lowest BCUT2D eigenvalue weighted by Gasteiger charge is -2.00. The zero-order chi connectivity index (χ0) is 10.8. The lowest BCUT2D eigenvalue weighted by molar-refractivity contribution is 1.15. The molecule has 3 aromatic rings. The van der Waals surface area contributed by atoms with E-state index in [1.54, 1.807) is 12.4 Å². The fourth-order valence-corrected chi connectivity index (χ4v) is 1.46. The van der Waals surface area contributed by atoms with Crippen LogP contribution in [0.4, 0.5) is 0 Å². The number of aromatic nitrogens is 4. The number of nitrogens with zero attached hydrogens (tertiary/aromatic N) is 4. The number of rotatable bonds is 1. The molecule has 75 valence electrons. The van der Waals surface area contributed by atoms with Crippen LogP contribution in [0.25, 0.3) is 22.3 Å². The summed E-state index contributed by atoms with van der Waals surface area (Å²) >= 11 is 0. The van der Waals surface area contributed by atoms with Crippen LogP contribution in [0.2, 0.25) is 0 Å². The van der Waals surface area contributed by atoms with Crippen molar-refractivity contribution in [3.05, 3.63) is 49.2 Å². The summed E-state index contributed by atoms with van der Waals surface area (Å²) in [6, 6.07) is 7.69. The summed E-state index contributed by atoms with van der Waals surface area (Å²) in [6.45, 7) is 0. The number of hydrogen-bond donors (Lipinski definition) is 0. The molecule has 0 aliphatic rings. The standard InChI is InChI=1S/C12H7N4/c1-2-4-11-10(3-1)15-7-12(16-11)9-5-13-8-14-6-9/h1-6,8H. The second kappa shape index (κ2) is 3.66. The molecule has 0 N–H and O–H groups in total. The molecule has 2 heterocycles. The molecule has 0 amide bonds. The van der Waals surface area contributed by atoms with Crippen molar-refractivity contribution in [2.24, 2.45) is 0 Å². The van der Waals surface area contributed by atoms with E-state index in [4.69, 9.17) is 0 Å².